The van der Waals surface area contributed by atoms with Crippen molar-refractivity contribution in [1.29, 1.82) is 0 Å². The predicted octanol–water partition coefficient (Wildman–Crippen LogP) is 3.28. The summed E-state index contributed by atoms with van der Waals surface area (Å²) in [6.07, 6.45) is 3.52. The van der Waals surface area contributed by atoms with Gasteiger partial charge in [0.2, 0.25) is 0 Å². The van der Waals surface area contributed by atoms with Crippen LogP contribution in [0.4, 0.5) is 4.39 Å². The van der Waals surface area contributed by atoms with Gasteiger partial charge in [-0.3, -0.25) is 0 Å². The van der Waals surface area contributed by atoms with E-state index in [1.165, 1.54) is 0 Å². The molecule has 2 aromatic heterocycles. The number of benzene rings is 1. The van der Waals surface area contributed by atoms with Crippen LogP contribution in [-0.4, -0.2) is 9.61 Å². The molecule has 0 spiro atoms. The maximum Gasteiger partial charge on any atom is 0.142 e. The van der Waals surface area contributed by atoms with Gasteiger partial charge < -0.3 is 5.73 Å². The molecule has 2 N–H and O–H groups in total. The van der Waals surface area contributed by atoms with Crippen molar-refractivity contribution < 1.29 is 4.39 Å². The average Bonchev–Trinajstić information content (AvgIpc) is 2.85. The van der Waals surface area contributed by atoms with Crippen molar-refractivity contribution in [1.82, 2.24) is 9.61 Å². The lowest BCUT2D eigenvalue weighted by atomic mass is 10.0. The van der Waals surface area contributed by atoms with E-state index in [9.17, 15) is 4.39 Å². The molecule has 3 rings (SSSR count). The smallest absolute Gasteiger partial charge is 0.142 e. The molecule has 96 valence electrons. The van der Waals surface area contributed by atoms with Crippen LogP contribution in [0.15, 0.2) is 53.3 Å². The molecule has 0 saturated carbocycles. The van der Waals surface area contributed by atoms with E-state index in [4.69, 9.17) is 5.73 Å². The summed E-state index contributed by atoms with van der Waals surface area (Å²) in [6, 6.07) is 10.3. The second-order valence-electron chi connectivity index (χ2n) is 4.25. The van der Waals surface area contributed by atoms with E-state index in [0.717, 1.165) is 11.1 Å². The van der Waals surface area contributed by atoms with Crippen LogP contribution in [0, 0.1) is 5.82 Å². The molecule has 0 bridgehead atoms. The Labute approximate surface area is 118 Å². The maximum atomic E-state index is 14.1. The summed E-state index contributed by atoms with van der Waals surface area (Å²) < 4.78 is 16.2. The summed E-state index contributed by atoms with van der Waals surface area (Å²) in [6.45, 7) is 0. The van der Waals surface area contributed by atoms with Gasteiger partial charge in [-0.05, 0) is 34.1 Å². The Balaban J connectivity index is 2.13. The molecule has 19 heavy (non-hydrogen) atoms. The number of pyridine rings is 1. The van der Waals surface area contributed by atoms with E-state index in [1.807, 2.05) is 24.4 Å². The quantitative estimate of drug-likeness (QED) is 0.787. The largest absolute Gasteiger partial charge is 0.320 e. The van der Waals surface area contributed by atoms with Gasteiger partial charge in [0, 0.05) is 17.3 Å². The zero-order valence-corrected chi connectivity index (χ0v) is 11.5. The monoisotopic (exact) mass is 319 g/mol. The highest BCUT2D eigenvalue weighted by Crippen LogP contribution is 2.28. The van der Waals surface area contributed by atoms with E-state index >= 15 is 0 Å². The summed E-state index contributed by atoms with van der Waals surface area (Å²) in [5.74, 6) is -0.328. The minimum Gasteiger partial charge on any atom is -0.320 e. The van der Waals surface area contributed by atoms with Crippen LogP contribution in [0.1, 0.15) is 17.2 Å². The molecular formula is C14H11BrFN3. The van der Waals surface area contributed by atoms with Gasteiger partial charge in [-0.25, -0.2) is 8.91 Å². The molecule has 5 heteroatoms. The fraction of sp³-hybridized carbons (Fsp3) is 0.0714. The molecule has 0 aliphatic carbocycles. The number of aromatic nitrogens is 2. The second kappa shape index (κ2) is 4.75. The topological polar surface area (TPSA) is 43.3 Å². The van der Waals surface area contributed by atoms with E-state index in [1.54, 1.807) is 28.9 Å². The number of hydrogen-bond acceptors (Lipinski definition) is 2. The van der Waals surface area contributed by atoms with Gasteiger partial charge >= 0.3 is 0 Å². The minimum atomic E-state index is -0.544. The third-order valence-electron chi connectivity index (χ3n) is 3.11. The van der Waals surface area contributed by atoms with Gasteiger partial charge in [0.15, 0.2) is 0 Å². The third kappa shape index (κ3) is 2.05. The molecule has 2 heterocycles. The van der Waals surface area contributed by atoms with Gasteiger partial charge in [0.25, 0.3) is 0 Å². The summed E-state index contributed by atoms with van der Waals surface area (Å²) in [5, 5.41) is 4.22. The molecule has 3 nitrogen and oxygen atoms in total. The van der Waals surface area contributed by atoms with Crippen LogP contribution in [0.2, 0.25) is 0 Å². The lowest BCUT2D eigenvalue weighted by Gasteiger charge is -2.12. The number of nitrogens with zero attached hydrogens (tertiary/aromatic N) is 2. The minimum absolute atomic E-state index is 0.328. The molecule has 0 aliphatic heterocycles. The Hall–Kier alpha value is -1.72. The standard InChI is InChI=1S/C14H11BrFN3/c15-11-5-3-4-9(13(11)16)14(17)10-8-18-19-7-2-1-6-12(10)19/h1-8,14H,17H2. The first-order chi connectivity index (χ1) is 9.18. The molecule has 0 fully saturated rings. The molecule has 0 aliphatic rings. The molecule has 1 aromatic carbocycles. The summed E-state index contributed by atoms with van der Waals surface area (Å²) in [4.78, 5) is 0. The van der Waals surface area contributed by atoms with Gasteiger partial charge in [0.05, 0.1) is 22.2 Å². The average molecular weight is 320 g/mol. The van der Waals surface area contributed by atoms with Crippen LogP contribution in [0.25, 0.3) is 5.52 Å². The Morgan fingerprint density at radius 1 is 1.16 bits per heavy atom. The van der Waals surface area contributed by atoms with Gasteiger partial charge in [-0.1, -0.05) is 18.2 Å². The van der Waals surface area contributed by atoms with Crippen molar-refractivity contribution in [3.05, 3.63) is 70.2 Å². The molecule has 0 saturated heterocycles. The van der Waals surface area contributed by atoms with Crippen molar-refractivity contribution in [3.63, 3.8) is 0 Å². The molecule has 0 radical (unpaired) electrons. The third-order valence-corrected chi connectivity index (χ3v) is 3.72. The number of rotatable bonds is 2. The summed E-state index contributed by atoms with van der Waals surface area (Å²) >= 11 is 3.18. The molecule has 1 atom stereocenters. The first-order valence-corrected chi connectivity index (χ1v) is 6.59. The maximum absolute atomic E-state index is 14.1. The molecular weight excluding hydrogens is 309 g/mol. The van der Waals surface area contributed by atoms with Crippen molar-refractivity contribution in [3.8, 4) is 0 Å². The van der Waals surface area contributed by atoms with Crippen LogP contribution in [0.3, 0.4) is 0 Å². The summed E-state index contributed by atoms with van der Waals surface area (Å²) in [5.41, 5.74) is 8.32. The van der Waals surface area contributed by atoms with Crippen molar-refractivity contribution in [2.24, 2.45) is 5.73 Å². The van der Waals surface area contributed by atoms with Crippen LogP contribution in [-0.2, 0) is 0 Å². The first-order valence-electron chi connectivity index (χ1n) is 5.80. The lowest BCUT2D eigenvalue weighted by Crippen LogP contribution is -2.13. The van der Waals surface area contributed by atoms with E-state index in [0.29, 0.717) is 10.0 Å². The Morgan fingerprint density at radius 2 is 2.00 bits per heavy atom. The van der Waals surface area contributed by atoms with Crippen LogP contribution in [0.5, 0.6) is 0 Å². The lowest BCUT2D eigenvalue weighted by molar-refractivity contribution is 0.594. The zero-order valence-electron chi connectivity index (χ0n) is 9.92. The van der Waals surface area contributed by atoms with Gasteiger partial charge in [0.1, 0.15) is 5.82 Å². The van der Waals surface area contributed by atoms with Crippen molar-refractivity contribution in [2.45, 2.75) is 6.04 Å². The number of hydrogen-bond donors (Lipinski definition) is 1. The SMILES string of the molecule is NC(c1cccc(Br)c1F)c1cnn2ccccc12. The van der Waals surface area contributed by atoms with Crippen molar-refractivity contribution in [2.75, 3.05) is 0 Å². The van der Waals surface area contributed by atoms with Gasteiger partial charge in [-0.2, -0.15) is 5.10 Å². The van der Waals surface area contributed by atoms with Crippen molar-refractivity contribution >= 4 is 21.4 Å². The Morgan fingerprint density at radius 3 is 2.84 bits per heavy atom. The number of fused-ring (bicyclic) bond motifs is 1. The first kappa shape index (κ1) is 12.3. The Kier molecular flexibility index (Phi) is 3.08. The van der Waals surface area contributed by atoms with E-state index in [2.05, 4.69) is 21.0 Å². The normalized spacial score (nSPS) is 12.8. The highest BCUT2D eigenvalue weighted by Gasteiger charge is 2.18. The molecule has 3 aromatic rings. The fourth-order valence-electron chi connectivity index (χ4n) is 2.12. The fourth-order valence-corrected chi connectivity index (χ4v) is 2.50. The molecule has 1 unspecified atom stereocenters. The van der Waals surface area contributed by atoms with E-state index < -0.39 is 6.04 Å². The molecule has 0 amide bonds. The van der Waals surface area contributed by atoms with Crippen LogP contribution >= 0.6 is 15.9 Å². The highest BCUT2D eigenvalue weighted by atomic mass is 79.9. The highest BCUT2D eigenvalue weighted by molar-refractivity contribution is 9.10. The number of nitrogens with two attached hydrogens (primary N) is 1. The van der Waals surface area contributed by atoms with E-state index in [-0.39, 0.29) is 5.82 Å². The zero-order chi connectivity index (χ0) is 13.4. The summed E-state index contributed by atoms with van der Waals surface area (Å²) in [7, 11) is 0. The van der Waals surface area contributed by atoms with Crippen LogP contribution < -0.4 is 5.73 Å². The second-order valence-corrected chi connectivity index (χ2v) is 5.11. The number of halogens is 2. The van der Waals surface area contributed by atoms with Gasteiger partial charge in [-0.15, -0.1) is 0 Å². The predicted molar refractivity (Wildman–Crippen MR) is 75.3 cm³/mol. The Bertz CT molecular complexity index is 738.